The first-order valence-corrected chi connectivity index (χ1v) is 14.4. The third-order valence-electron chi connectivity index (χ3n) is 9.18. The van der Waals surface area contributed by atoms with Crippen LogP contribution in [0.1, 0.15) is 72.7 Å². The van der Waals surface area contributed by atoms with E-state index in [1.165, 1.54) is 12.5 Å². The number of hydrogen-bond donors (Lipinski definition) is 1. The van der Waals surface area contributed by atoms with Crippen molar-refractivity contribution in [2.24, 2.45) is 5.41 Å². The molecular weight excluding hydrogens is 528 g/mol. The number of likely N-dealkylation sites (tertiary alicyclic amines) is 1. The van der Waals surface area contributed by atoms with Crippen molar-refractivity contribution < 1.29 is 14.4 Å². The normalized spacial score (nSPS) is 21.7. The molecule has 0 spiro atoms. The second kappa shape index (κ2) is 10.2. The molecule has 2 amide bonds. The molecule has 4 atom stereocenters. The summed E-state index contributed by atoms with van der Waals surface area (Å²) in [5.74, 6) is 0.189. The summed E-state index contributed by atoms with van der Waals surface area (Å²) in [4.78, 5) is 50.4. The first-order chi connectivity index (χ1) is 20.0. The summed E-state index contributed by atoms with van der Waals surface area (Å²) in [5, 5.41) is 8.41. The number of rotatable bonds is 7. The Morgan fingerprint density at radius 3 is 2.50 bits per heavy atom. The minimum atomic E-state index is -0.545. The Morgan fingerprint density at radius 2 is 1.79 bits per heavy atom. The fraction of sp³-hybridized carbons (Fsp3) is 0.394. The van der Waals surface area contributed by atoms with E-state index in [1.54, 1.807) is 22.0 Å². The summed E-state index contributed by atoms with van der Waals surface area (Å²) in [6.45, 7) is 11.5. The van der Waals surface area contributed by atoms with E-state index in [-0.39, 0.29) is 41.6 Å². The van der Waals surface area contributed by atoms with E-state index in [1.807, 2.05) is 44.2 Å². The molecule has 1 unspecified atom stereocenters. The lowest BCUT2D eigenvalue weighted by Gasteiger charge is -2.28. The molecule has 2 aromatic carbocycles. The first kappa shape index (κ1) is 27.8. The van der Waals surface area contributed by atoms with E-state index in [0.29, 0.717) is 28.8 Å². The maximum atomic E-state index is 13.9. The van der Waals surface area contributed by atoms with Crippen molar-refractivity contribution in [1.29, 1.82) is 0 Å². The van der Waals surface area contributed by atoms with Crippen LogP contribution in [0.5, 0.6) is 0 Å². The number of hydrogen-bond acceptors (Lipinski definition) is 6. The predicted molar refractivity (Wildman–Crippen MR) is 160 cm³/mol. The van der Waals surface area contributed by atoms with Gasteiger partial charge in [0.1, 0.15) is 24.1 Å². The van der Waals surface area contributed by atoms with Gasteiger partial charge in [0.05, 0.1) is 11.6 Å². The third-order valence-corrected chi connectivity index (χ3v) is 9.18. The molecule has 4 aromatic rings. The SMILES string of the molecule is CC(=O)c1nn(CC(=O)N2[C@H](C(=O)NC(C)c3cccc(C)c3C)C[C@@]3(C)C[C@@H]23)c2ccc(-c3cnc(C)nc3)cc12. The molecule has 2 aliphatic rings. The molecule has 9 nitrogen and oxygen atoms in total. The van der Waals surface area contributed by atoms with Crippen molar-refractivity contribution >= 4 is 28.5 Å². The first-order valence-electron chi connectivity index (χ1n) is 14.4. The number of aryl methyl sites for hydroxylation is 2. The van der Waals surface area contributed by atoms with Crippen molar-refractivity contribution in [1.82, 2.24) is 30.0 Å². The van der Waals surface area contributed by atoms with Gasteiger partial charge in [-0.2, -0.15) is 5.10 Å². The molecule has 2 aromatic heterocycles. The molecule has 1 N–H and O–H groups in total. The van der Waals surface area contributed by atoms with Gasteiger partial charge in [-0.25, -0.2) is 9.97 Å². The smallest absolute Gasteiger partial charge is 0.245 e. The van der Waals surface area contributed by atoms with Crippen LogP contribution in [0.4, 0.5) is 0 Å². The Labute approximate surface area is 245 Å². The lowest BCUT2D eigenvalue weighted by atomic mass is 9.97. The number of ketones is 1. The van der Waals surface area contributed by atoms with E-state index < -0.39 is 6.04 Å². The van der Waals surface area contributed by atoms with E-state index in [0.717, 1.165) is 28.7 Å². The van der Waals surface area contributed by atoms with Gasteiger partial charge < -0.3 is 10.2 Å². The van der Waals surface area contributed by atoms with E-state index >= 15 is 0 Å². The van der Waals surface area contributed by atoms with Gasteiger partial charge >= 0.3 is 0 Å². The van der Waals surface area contributed by atoms with Gasteiger partial charge in [0.2, 0.25) is 11.8 Å². The summed E-state index contributed by atoms with van der Waals surface area (Å²) in [7, 11) is 0. The lowest BCUT2D eigenvalue weighted by molar-refractivity contribution is -0.140. The molecule has 0 bridgehead atoms. The summed E-state index contributed by atoms with van der Waals surface area (Å²) in [6, 6.07) is 11.1. The van der Waals surface area contributed by atoms with E-state index in [2.05, 4.69) is 47.2 Å². The van der Waals surface area contributed by atoms with E-state index in [9.17, 15) is 14.4 Å². The topological polar surface area (TPSA) is 110 Å². The summed E-state index contributed by atoms with van der Waals surface area (Å²) in [6.07, 6.45) is 5.01. The van der Waals surface area contributed by atoms with Gasteiger partial charge in [-0.3, -0.25) is 19.1 Å². The number of fused-ring (bicyclic) bond motifs is 2. The quantitative estimate of drug-likeness (QED) is 0.321. The van der Waals surface area contributed by atoms with Crippen LogP contribution < -0.4 is 5.32 Å². The van der Waals surface area contributed by atoms with Gasteiger partial charge in [0.25, 0.3) is 0 Å². The standard InChI is InChI=1S/C33H36N6O3/c1-18-8-7-9-25(19(18)2)20(3)36-32(42)28-13-33(6)14-29(33)39(28)30(41)17-38-27-11-10-23(24-15-34-22(5)35-16-24)12-26(27)31(37-38)21(4)40/h7-12,15-16,20,28-29H,13-14,17H2,1-6H3,(H,36,42)/t20?,28-,29+,33-/m0/s1. The molecule has 1 aliphatic carbocycles. The number of carbonyl (C=O) groups excluding carboxylic acids is 3. The Kier molecular flexibility index (Phi) is 6.71. The number of carbonyl (C=O) groups is 3. The zero-order valence-corrected chi connectivity index (χ0v) is 24.9. The van der Waals surface area contributed by atoms with E-state index in [4.69, 9.17) is 0 Å². The predicted octanol–water partition coefficient (Wildman–Crippen LogP) is 4.88. The largest absolute Gasteiger partial charge is 0.348 e. The number of piperidine rings is 1. The van der Waals surface area contributed by atoms with Crippen molar-refractivity contribution in [3.05, 3.63) is 77.0 Å². The van der Waals surface area contributed by atoms with Crippen molar-refractivity contribution in [2.75, 3.05) is 0 Å². The molecule has 0 radical (unpaired) electrons. The van der Waals surface area contributed by atoms with Crippen molar-refractivity contribution in [3.63, 3.8) is 0 Å². The molecule has 2 fully saturated rings. The van der Waals surface area contributed by atoms with Crippen LogP contribution >= 0.6 is 0 Å². The number of Topliss-reactive ketones (excluding diaryl/α,β-unsaturated/α-hetero) is 1. The minimum absolute atomic E-state index is 0.0269. The van der Waals surface area contributed by atoms with Crippen molar-refractivity contribution in [3.8, 4) is 11.1 Å². The molecule has 3 heterocycles. The summed E-state index contributed by atoms with van der Waals surface area (Å²) >= 11 is 0. The molecule has 9 heteroatoms. The molecule has 1 aliphatic heterocycles. The number of nitrogens with one attached hydrogen (secondary N) is 1. The van der Waals surface area contributed by atoms with Crippen LogP contribution in [0, 0.1) is 26.2 Å². The number of aromatic nitrogens is 4. The maximum absolute atomic E-state index is 13.9. The number of nitrogens with zero attached hydrogens (tertiary/aromatic N) is 5. The summed E-state index contributed by atoms with van der Waals surface area (Å²) in [5.41, 5.74) is 6.04. The Morgan fingerprint density at radius 1 is 1.05 bits per heavy atom. The van der Waals surface area contributed by atoms with Crippen LogP contribution in [0.15, 0.2) is 48.8 Å². The summed E-state index contributed by atoms with van der Waals surface area (Å²) < 4.78 is 1.59. The molecule has 42 heavy (non-hydrogen) atoms. The average molecular weight is 565 g/mol. The maximum Gasteiger partial charge on any atom is 0.245 e. The van der Waals surface area contributed by atoms with Crippen LogP contribution in [0.25, 0.3) is 22.0 Å². The molecule has 6 rings (SSSR count). The van der Waals surface area contributed by atoms with Crippen LogP contribution in [0.2, 0.25) is 0 Å². The second-order valence-corrected chi connectivity index (χ2v) is 12.2. The average Bonchev–Trinajstić information content (AvgIpc) is 3.32. The molecule has 1 saturated carbocycles. The van der Waals surface area contributed by atoms with Crippen LogP contribution in [-0.4, -0.2) is 54.3 Å². The Balaban J connectivity index is 1.26. The highest BCUT2D eigenvalue weighted by Gasteiger charge is 2.64. The lowest BCUT2D eigenvalue weighted by Crippen LogP contribution is -2.49. The van der Waals surface area contributed by atoms with Gasteiger partial charge in [-0.1, -0.05) is 31.2 Å². The van der Waals surface area contributed by atoms with Crippen LogP contribution in [-0.2, 0) is 16.1 Å². The van der Waals surface area contributed by atoms with Crippen LogP contribution in [0.3, 0.4) is 0 Å². The Hall–Kier alpha value is -4.40. The zero-order valence-electron chi connectivity index (χ0n) is 24.9. The highest BCUT2D eigenvalue weighted by atomic mass is 16.2. The highest BCUT2D eigenvalue weighted by molar-refractivity contribution is 6.06. The number of benzene rings is 2. The molecular formula is C33H36N6O3. The number of amides is 2. The second-order valence-electron chi connectivity index (χ2n) is 12.2. The monoisotopic (exact) mass is 564 g/mol. The van der Waals surface area contributed by atoms with Gasteiger partial charge in [-0.15, -0.1) is 0 Å². The van der Waals surface area contributed by atoms with Crippen molar-refractivity contribution in [2.45, 2.75) is 79.1 Å². The Bertz CT molecular complexity index is 1740. The zero-order chi connectivity index (χ0) is 29.9. The van der Waals surface area contributed by atoms with Gasteiger partial charge in [0, 0.05) is 36.3 Å². The highest BCUT2D eigenvalue weighted by Crippen LogP contribution is 2.59. The van der Waals surface area contributed by atoms with Gasteiger partial charge in [0.15, 0.2) is 5.78 Å². The third kappa shape index (κ3) is 4.76. The molecule has 1 saturated heterocycles. The van der Waals surface area contributed by atoms with Gasteiger partial charge in [-0.05, 0) is 80.3 Å². The fourth-order valence-electron chi connectivity index (χ4n) is 6.48. The fourth-order valence-corrected chi connectivity index (χ4v) is 6.48. The minimum Gasteiger partial charge on any atom is -0.348 e. The molecule has 216 valence electrons.